The molecule has 0 aromatic heterocycles. The number of carbonyl (C=O) groups is 7. The van der Waals surface area contributed by atoms with Gasteiger partial charge in [0, 0.05) is 56.9 Å². The Morgan fingerprint density at radius 1 is 0.830 bits per heavy atom. The van der Waals surface area contributed by atoms with Crippen molar-refractivity contribution in [1.82, 2.24) is 10.2 Å². The second kappa shape index (κ2) is 21.8. The molecule has 3 unspecified atom stereocenters. The topological polar surface area (TPSA) is 170 Å². The maximum absolute atomic E-state index is 14.7. The molecular weight excluding hydrogens is 674 g/mol. The Hall–Kier alpha value is -2.95. The van der Waals surface area contributed by atoms with E-state index in [-0.39, 0.29) is 68.1 Å². The molecule has 3 rings (SSSR count). The van der Waals surface area contributed by atoms with Gasteiger partial charge in [0.2, 0.25) is 23.5 Å². The number of nitrogens with two attached hydrogens (primary N) is 1. The Labute approximate surface area is 318 Å². The van der Waals surface area contributed by atoms with E-state index in [0.717, 1.165) is 64.2 Å². The first-order chi connectivity index (χ1) is 25.1. The van der Waals surface area contributed by atoms with E-state index < -0.39 is 52.9 Å². The number of nitrogens with zero attached hydrogens (tertiary/aromatic N) is 1. The Morgan fingerprint density at radius 3 is 2.06 bits per heavy atom. The summed E-state index contributed by atoms with van der Waals surface area (Å²) in [4.78, 5) is 95.0. The number of amides is 3. The van der Waals surface area contributed by atoms with E-state index in [4.69, 9.17) is 10.5 Å². The molecule has 3 fully saturated rings. The molecule has 300 valence electrons. The van der Waals surface area contributed by atoms with Gasteiger partial charge < -0.3 is 20.7 Å². The summed E-state index contributed by atoms with van der Waals surface area (Å²) < 4.78 is 6.32. The predicted octanol–water partition coefficient (Wildman–Crippen LogP) is 6.35. The molecule has 1 heterocycles. The SMILES string of the molecule is CCCCC(NC(=O)CCC(=O)C(=O)C(CCC)CC(=O)[C@@H]1C[C@@H](OC(C)(C)C)CN1C(=O)C(CC(=O)CC1CCCCC1)C1CCCCC1)C(N)=O. The number of likely N-dealkylation sites (tertiary alicyclic amines) is 1. The summed E-state index contributed by atoms with van der Waals surface area (Å²) in [6.45, 7) is 9.87. The van der Waals surface area contributed by atoms with Crippen LogP contribution < -0.4 is 11.1 Å². The third-order valence-electron chi connectivity index (χ3n) is 11.5. The number of primary amides is 1. The lowest BCUT2D eigenvalue weighted by atomic mass is 9.75. The fourth-order valence-corrected chi connectivity index (χ4v) is 8.77. The Morgan fingerprint density at radius 2 is 1.47 bits per heavy atom. The van der Waals surface area contributed by atoms with Crippen molar-refractivity contribution in [1.29, 1.82) is 0 Å². The van der Waals surface area contributed by atoms with Gasteiger partial charge in [-0.15, -0.1) is 0 Å². The molecule has 0 radical (unpaired) electrons. The number of nitrogens with one attached hydrogen (secondary N) is 1. The summed E-state index contributed by atoms with van der Waals surface area (Å²) in [6.07, 6.45) is 13.1. The van der Waals surface area contributed by atoms with Crippen LogP contribution in [0.25, 0.3) is 0 Å². The summed E-state index contributed by atoms with van der Waals surface area (Å²) in [5.41, 5.74) is 4.91. The molecule has 3 aliphatic rings. The van der Waals surface area contributed by atoms with Gasteiger partial charge in [-0.3, -0.25) is 33.6 Å². The largest absolute Gasteiger partial charge is 0.371 e. The van der Waals surface area contributed by atoms with Crippen LogP contribution >= 0.6 is 0 Å². The molecule has 2 saturated carbocycles. The molecule has 2 aliphatic carbocycles. The van der Waals surface area contributed by atoms with Gasteiger partial charge in [0.25, 0.3) is 0 Å². The monoisotopic (exact) mass is 744 g/mol. The molecular formula is C42H69N3O8. The van der Waals surface area contributed by atoms with Gasteiger partial charge in [0.1, 0.15) is 11.8 Å². The smallest absolute Gasteiger partial charge is 0.239 e. The molecule has 0 aromatic rings. The number of hydrogen-bond acceptors (Lipinski definition) is 8. The molecule has 53 heavy (non-hydrogen) atoms. The van der Waals surface area contributed by atoms with Crippen LogP contribution in [0.2, 0.25) is 0 Å². The molecule has 3 N–H and O–H groups in total. The van der Waals surface area contributed by atoms with Crippen molar-refractivity contribution in [3.63, 3.8) is 0 Å². The first-order valence-corrected chi connectivity index (χ1v) is 20.8. The minimum atomic E-state index is -0.878. The van der Waals surface area contributed by atoms with Gasteiger partial charge >= 0.3 is 0 Å². The molecule has 0 bridgehead atoms. The third kappa shape index (κ3) is 14.7. The van der Waals surface area contributed by atoms with Crippen LogP contribution in [-0.4, -0.2) is 76.1 Å². The van der Waals surface area contributed by atoms with E-state index in [1.807, 2.05) is 34.6 Å². The maximum atomic E-state index is 14.7. The van der Waals surface area contributed by atoms with Crippen molar-refractivity contribution < 1.29 is 38.3 Å². The van der Waals surface area contributed by atoms with Gasteiger partial charge in [-0.05, 0) is 58.3 Å². The molecule has 0 aromatic carbocycles. The molecule has 5 atom stereocenters. The van der Waals surface area contributed by atoms with Gasteiger partial charge in [-0.25, -0.2) is 0 Å². The molecule has 3 amide bonds. The number of carbonyl (C=O) groups excluding carboxylic acids is 7. The van der Waals surface area contributed by atoms with Crippen molar-refractivity contribution in [2.75, 3.05) is 6.54 Å². The lowest BCUT2D eigenvalue weighted by Gasteiger charge is -2.34. The lowest BCUT2D eigenvalue weighted by molar-refractivity contribution is -0.146. The molecule has 11 heteroatoms. The maximum Gasteiger partial charge on any atom is 0.239 e. The number of ether oxygens (including phenoxy) is 1. The summed E-state index contributed by atoms with van der Waals surface area (Å²) >= 11 is 0. The average molecular weight is 744 g/mol. The lowest BCUT2D eigenvalue weighted by Crippen LogP contribution is -2.47. The third-order valence-corrected chi connectivity index (χ3v) is 11.5. The number of rotatable bonds is 22. The molecule has 1 aliphatic heterocycles. The standard InChI is InChI=1S/C42H69N3O8/c1-6-8-20-34(40(43)51)44-38(49)22-21-36(47)39(50)30(15-7-2)24-37(48)35-26-32(53-42(3,4)5)27-45(35)41(52)33(29-18-13-10-14-19-29)25-31(46)23-28-16-11-9-12-17-28/h28-30,32-35H,6-27H2,1-5H3,(H2,43,51)(H,44,49)/t30?,32-,33?,34?,35+/m1/s1. The van der Waals surface area contributed by atoms with Crippen LogP contribution in [0.5, 0.6) is 0 Å². The zero-order valence-corrected chi connectivity index (χ0v) is 33.4. The zero-order valence-electron chi connectivity index (χ0n) is 33.4. The molecule has 0 spiro atoms. The predicted molar refractivity (Wildman–Crippen MR) is 204 cm³/mol. The first kappa shape index (κ1) is 44.4. The Balaban J connectivity index is 1.75. The zero-order chi connectivity index (χ0) is 39.1. The quantitative estimate of drug-likeness (QED) is 0.121. The van der Waals surface area contributed by atoms with E-state index in [2.05, 4.69) is 5.32 Å². The molecule has 1 saturated heterocycles. The summed E-state index contributed by atoms with van der Waals surface area (Å²) in [7, 11) is 0. The van der Waals surface area contributed by atoms with Crippen molar-refractivity contribution in [2.45, 2.75) is 193 Å². The van der Waals surface area contributed by atoms with Crippen molar-refractivity contribution >= 4 is 40.9 Å². The number of ketones is 4. The minimum Gasteiger partial charge on any atom is -0.371 e. The second-order valence-electron chi connectivity index (χ2n) is 17.2. The highest BCUT2D eigenvalue weighted by Gasteiger charge is 2.46. The van der Waals surface area contributed by atoms with E-state index in [1.165, 1.54) is 6.42 Å². The van der Waals surface area contributed by atoms with Gasteiger partial charge in [0.05, 0.1) is 17.7 Å². The Bertz CT molecular complexity index is 1260. The highest BCUT2D eigenvalue weighted by molar-refractivity contribution is 6.38. The first-order valence-electron chi connectivity index (χ1n) is 20.8. The van der Waals surface area contributed by atoms with Crippen molar-refractivity contribution in [3.8, 4) is 0 Å². The normalized spacial score (nSPS) is 21.8. The van der Waals surface area contributed by atoms with E-state index in [1.54, 1.807) is 4.90 Å². The van der Waals surface area contributed by atoms with Crippen LogP contribution in [0.1, 0.15) is 169 Å². The van der Waals surface area contributed by atoms with E-state index in [9.17, 15) is 33.6 Å². The molecule has 11 nitrogen and oxygen atoms in total. The van der Waals surface area contributed by atoms with Gasteiger partial charge in [-0.1, -0.05) is 84.5 Å². The van der Waals surface area contributed by atoms with Crippen LogP contribution in [0.3, 0.4) is 0 Å². The fraction of sp³-hybridized carbons (Fsp3) is 0.833. The van der Waals surface area contributed by atoms with Crippen LogP contribution in [0, 0.1) is 23.7 Å². The number of Topliss-reactive ketones (excluding diaryl/α,β-unsaturated/α-hetero) is 4. The fourth-order valence-electron chi connectivity index (χ4n) is 8.77. The van der Waals surface area contributed by atoms with Crippen molar-refractivity contribution in [2.24, 2.45) is 29.4 Å². The second-order valence-corrected chi connectivity index (χ2v) is 17.2. The Kier molecular flexibility index (Phi) is 18.3. The summed E-state index contributed by atoms with van der Waals surface area (Å²) in [6, 6.07) is -1.66. The minimum absolute atomic E-state index is 0.0824. The summed E-state index contributed by atoms with van der Waals surface area (Å²) in [5, 5.41) is 2.57. The highest BCUT2D eigenvalue weighted by Crippen LogP contribution is 2.37. The number of unbranched alkanes of at least 4 members (excludes halogenated alkanes) is 1. The average Bonchev–Trinajstić information content (AvgIpc) is 3.53. The van der Waals surface area contributed by atoms with Gasteiger partial charge in [-0.2, -0.15) is 0 Å². The van der Waals surface area contributed by atoms with E-state index >= 15 is 0 Å². The van der Waals surface area contributed by atoms with Crippen LogP contribution in [0.15, 0.2) is 0 Å². The van der Waals surface area contributed by atoms with E-state index in [0.29, 0.717) is 38.0 Å². The van der Waals surface area contributed by atoms with Crippen LogP contribution in [0.4, 0.5) is 0 Å². The van der Waals surface area contributed by atoms with Gasteiger partial charge in [0.15, 0.2) is 11.6 Å². The summed E-state index contributed by atoms with van der Waals surface area (Å²) in [5.74, 6) is -3.85. The highest BCUT2D eigenvalue weighted by atomic mass is 16.5. The van der Waals surface area contributed by atoms with Crippen molar-refractivity contribution in [3.05, 3.63) is 0 Å². The van der Waals surface area contributed by atoms with Crippen LogP contribution in [-0.2, 0) is 38.3 Å². The number of hydrogen-bond donors (Lipinski definition) is 2.